The summed E-state index contributed by atoms with van der Waals surface area (Å²) in [5.41, 5.74) is -1.08. The van der Waals surface area contributed by atoms with Gasteiger partial charge in [-0.15, -0.1) is 6.58 Å². The maximum absolute atomic E-state index is 12.9. The number of hydrogen-bond acceptors (Lipinski definition) is 3. The molecule has 1 heterocycles. The van der Waals surface area contributed by atoms with Gasteiger partial charge in [-0.1, -0.05) is 32.9 Å². The summed E-state index contributed by atoms with van der Waals surface area (Å²) >= 11 is 0. The van der Waals surface area contributed by atoms with Crippen molar-refractivity contribution in [2.45, 2.75) is 39.6 Å². The highest BCUT2D eigenvalue weighted by atomic mass is 19.4. The van der Waals surface area contributed by atoms with Crippen molar-refractivity contribution in [1.82, 2.24) is 4.90 Å². The number of rotatable bonds is 5. The standard InChI is InChI=1S/C19H23F3N2O3/c1-5-9-23(15(25)11-18(2,3)4)17-16(26)24(12-27-17)14-8-6-7-13(10-14)19(20,21)22/h5-8,10,17H,1,9,11-12H2,2-4H3. The smallest absolute Gasteiger partial charge is 0.328 e. The van der Waals surface area contributed by atoms with Gasteiger partial charge in [0, 0.05) is 18.7 Å². The lowest BCUT2D eigenvalue weighted by Crippen LogP contribution is -2.47. The number of halogens is 3. The molecule has 5 nitrogen and oxygen atoms in total. The first-order valence-corrected chi connectivity index (χ1v) is 8.44. The summed E-state index contributed by atoms with van der Waals surface area (Å²) in [6, 6.07) is 4.44. The summed E-state index contributed by atoms with van der Waals surface area (Å²) in [6.45, 7) is 9.13. The third kappa shape index (κ3) is 5.09. The number of ether oxygens (including phenoxy) is 1. The second-order valence-corrected chi connectivity index (χ2v) is 7.53. The molecule has 1 aliphatic heterocycles. The van der Waals surface area contributed by atoms with Gasteiger partial charge in [-0.05, 0) is 23.6 Å². The Morgan fingerprint density at radius 1 is 1.37 bits per heavy atom. The van der Waals surface area contributed by atoms with Crippen LogP contribution in [0, 0.1) is 5.41 Å². The molecule has 1 unspecified atom stereocenters. The van der Waals surface area contributed by atoms with Gasteiger partial charge in [-0.3, -0.25) is 14.5 Å². The summed E-state index contributed by atoms with van der Waals surface area (Å²) in [5.74, 6) is -0.870. The van der Waals surface area contributed by atoms with Gasteiger partial charge in [0.05, 0.1) is 5.56 Å². The van der Waals surface area contributed by atoms with Crippen LogP contribution >= 0.6 is 0 Å². The zero-order chi connectivity index (χ0) is 20.4. The first-order valence-electron chi connectivity index (χ1n) is 8.44. The van der Waals surface area contributed by atoms with Gasteiger partial charge in [0.1, 0.15) is 6.73 Å². The summed E-state index contributed by atoms with van der Waals surface area (Å²) in [5, 5.41) is 0. The molecule has 0 aromatic heterocycles. The molecule has 2 amide bonds. The van der Waals surface area contributed by atoms with Crippen LogP contribution in [0.5, 0.6) is 0 Å². The molecule has 1 saturated heterocycles. The van der Waals surface area contributed by atoms with E-state index in [1.54, 1.807) is 0 Å². The van der Waals surface area contributed by atoms with E-state index < -0.39 is 23.9 Å². The molecule has 0 N–H and O–H groups in total. The van der Waals surface area contributed by atoms with Crippen molar-refractivity contribution in [3.63, 3.8) is 0 Å². The Bertz CT molecular complexity index is 726. The lowest BCUT2D eigenvalue weighted by molar-refractivity contribution is -0.150. The molecular formula is C19H23F3N2O3. The van der Waals surface area contributed by atoms with Crippen LogP contribution in [-0.4, -0.2) is 36.2 Å². The molecule has 2 rings (SSSR count). The van der Waals surface area contributed by atoms with E-state index in [0.717, 1.165) is 17.0 Å². The topological polar surface area (TPSA) is 49.9 Å². The van der Waals surface area contributed by atoms with Crippen molar-refractivity contribution in [3.05, 3.63) is 42.5 Å². The van der Waals surface area contributed by atoms with Crippen molar-refractivity contribution >= 4 is 17.5 Å². The van der Waals surface area contributed by atoms with Crippen molar-refractivity contribution in [2.75, 3.05) is 18.2 Å². The first kappa shape index (κ1) is 21.0. The van der Waals surface area contributed by atoms with E-state index in [-0.39, 0.29) is 36.7 Å². The number of nitrogens with zero attached hydrogens (tertiary/aromatic N) is 2. The fraction of sp³-hybridized carbons (Fsp3) is 0.474. The summed E-state index contributed by atoms with van der Waals surface area (Å²) < 4.78 is 44.2. The molecule has 27 heavy (non-hydrogen) atoms. The second kappa shape index (κ2) is 7.72. The molecule has 1 aromatic carbocycles. The number of carbonyl (C=O) groups excluding carboxylic acids is 2. The highest BCUT2D eigenvalue weighted by Crippen LogP contribution is 2.33. The number of carbonyl (C=O) groups is 2. The highest BCUT2D eigenvalue weighted by Gasteiger charge is 2.41. The van der Waals surface area contributed by atoms with Crippen LogP contribution in [0.1, 0.15) is 32.8 Å². The molecule has 1 atom stereocenters. The fourth-order valence-corrected chi connectivity index (χ4v) is 2.71. The maximum atomic E-state index is 12.9. The Hall–Kier alpha value is -2.35. The Morgan fingerprint density at radius 2 is 2.04 bits per heavy atom. The van der Waals surface area contributed by atoms with E-state index in [9.17, 15) is 22.8 Å². The van der Waals surface area contributed by atoms with Gasteiger partial charge < -0.3 is 9.64 Å². The molecule has 148 valence electrons. The minimum atomic E-state index is -4.52. The largest absolute Gasteiger partial charge is 0.416 e. The molecule has 1 aliphatic rings. The van der Waals surface area contributed by atoms with Gasteiger partial charge in [-0.2, -0.15) is 13.2 Å². The van der Waals surface area contributed by atoms with E-state index in [0.29, 0.717) is 0 Å². The number of alkyl halides is 3. The van der Waals surface area contributed by atoms with E-state index in [2.05, 4.69) is 6.58 Å². The van der Waals surface area contributed by atoms with E-state index >= 15 is 0 Å². The molecule has 0 radical (unpaired) electrons. The molecule has 0 spiro atoms. The summed E-state index contributed by atoms with van der Waals surface area (Å²) in [7, 11) is 0. The zero-order valence-electron chi connectivity index (χ0n) is 15.5. The average Bonchev–Trinajstić information content (AvgIpc) is 2.91. The first-order chi connectivity index (χ1) is 12.4. The van der Waals surface area contributed by atoms with E-state index in [1.807, 2.05) is 20.8 Å². The van der Waals surface area contributed by atoms with Gasteiger partial charge in [0.15, 0.2) is 0 Å². The molecule has 1 fully saturated rings. The number of hydrogen-bond donors (Lipinski definition) is 0. The third-order valence-corrected chi connectivity index (χ3v) is 3.93. The molecule has 0 bridgehead atoms. The lowest BCUT2D eigenvalue weighted by Gasteiger charge is -2.28. The third-order valence-electron chi connectivity index (χ3n) is 3.93. The predicted octanol–water partition coefficient (Wildman–Crippen LogP) is 3.80. The molecule has 8 heteroatoms. The Labute approximate surface area is 156 Å². The predicted molar refractivity (Wildman–Crippen MR) is 94.7 cm³/mol. The number of anilines is 1. The normalized spacial score (nSPS) is 17.9. The molecule has 0 aliphatic carbocycles. The monoisotopic (exact) mass is 384 g/mol. The summed E-state index contributed by atoms with van der Waals surface area (Å²) in [6.07, 6.45) is -4.04. The van der Waals surface area contributed by atoms with Crippen LogP contribution in [-0.2, 0) is 20.5 Å². The Balaban J connectivity index is 2.24. The quantitative estimate of drug-likeness (QED) is 0.726. The van der Waals surface area contributed by atoms with Crippen molar-refractivity contribution in [2.24, 2.45) is 5.41 Å². The van der Waals surface area contributed by atoms with Crippen molar-refractivity contribution in [1.29, 1.82) is 0 Å². The molecule has 0 saturated carbocycles. The van der Waals surface area contributed by atoms with Crippen molar-refractivity contribution in [3.8, 4) is 0 Å². The zero-order valence-corrected chi connectivity index (χ0v) is 15.5. The lowest BCUT2D eigenvalue weighted by atomic mass is 9.91. The minimum Gasteiger partial charge on any atom is -0.328 e. The number of benzene rings is 1. The fourth-order valence-electron chi connectivity index (χ4n) is 2.71. The molecular weight excluding hydrogens is 361 g/mol. The van der Waals surface area contributed by atoms with Crippen LogP contribution in [0.15, 0.2) is 36.9 Å². The average molecular weight is 384 g/mol. The van der Waals surface area contributed by atoms with Gasteiger partial charge in [0.2, 0.25) is 12.1 Å². The van der Waals surface area contributed by atoms with Gasteiger partial charge in [0.25, 0.3) is 5.91 Å². The van der Waals surface area contributed by atoms with E-state index in [1.165, 1.54) is 23.1 Å². The summed E-state index contributed by atoms with van der Waals surface area (Å²) in [4.78, 5) is 27.7. The highest BCUT2D eigenvalue weighted by molar-refractivity contribution is 5.99. The van der Waals surface area contributed by atoms with Crippen LogP contribution in [0.4, 0.5) is 18.9 Å². The number of amides is 2. The van der Waals surface area contributed by atoms with Crippen molar-refractivity contribution < 1.29 is 27.5 Å². The van der Waals surface area contributed by atoms with Crippen LogP contribution < -0.4 is 4.90 Å². The van der Waals surface area contributed by atoms with Crippen LogP contribution in [0.2, 0.25) is 0 Å². The minimum absolute atomic E-state index is 0.0687. The SMILES string of the molecule is C=CCN(C(=O)CC(C)(C)C)C1OCN(c2cccc(C(F)(F)F)c2)C1=O. The van der Waals surface area contributed by atoms with Crippen LogP contribution in [0.25, 0.3) is 0 Å². The molecule has 1 aromatic rings. The Kier molecular flexibility index (Phi) is 5.99. The van der Waals surface area contributed by atoms with Gasteiger partial charge >= 0.3 is 6.18 Å². The van der Waals surface area contributed by atoms with Crippen LogP contribution in [0.3, 0.4) is 0 Å². The Morgan fingerprint density at radius 3 is 2.59 bits per heavy atom. The second-order valence-electron chi connectivity index (χ2n) is 7.53. The van der Waals surface area contributed by atoms with Gasteiger partial charge in [-0.25, -0.2) is 0 Å². The van der Waals surface area contributed by atoms with E-state index in [4.69, 9.17) is 4.74 Å². The maximum Gasteiger partial charge on any atom is 0.416 e.